The van der Waals surface area contributed by atoms with E-state index in [4.69, 9.17) is 5.73 Å². The number of aromatic nitrogens is 3. The van der Waals surface area contributed by atoms with Crippen LogP contribution in [0.4, 0.5) is 11.6 Å². The molecule has 8 heteroatoms. The van der Waals surface area contributed by atoms with Crippen molar-refractivity contribution < 1.29 is 9.59 Å². The predicted octanol–water partition coefficient (Wildman–Crippen LogP) is 4.38. The summed E-state index contributed by atoms with van der Waals surface area (Å²) in [4.78, 5) is 40.2. The van der Waals surface area contributed by atoms with Gasteiger partial charge < -0.3 is 16.0 Å². The molecule has 0 bridgehead atoms. The van der Waals surface area contributed by atoms with E-state index in [0.717, 1.165) is 22.1 Å². The summed E-state index contributed by atoms with van der Waals surface area (Å²) in [6.45, 7) is 3.17. The Morgan fingerprint density at radius 2 is 1.83 bits per heavy atom. The maximum Gasteiger partial charge on any atom is 0.253 e. The molecular formula is C28H26N6O2. The van der Waals surface area contributed by atoms with Crippen LogP contribution in [0.2, 0.25) is 0 Å². The van der Waals surface area contributed by atoms with Crippen molar-refractivity contribution in [3.63, 3.8) is 0 Å². The minimum absolute atomic E-state index is 0.0223. The normalized spacial score (nSPS) is 13.5. The van der Waals surface area contributed by atoms with Crippen molar-refractivity contribution in [1.82, 2.24) is 19.9 Å². The number of pyridine rings is 3. The Morgan fingerprint density at radius 3 is 2.58 bits per heavy atom. The summed E-state index contributed by atoms with van der Waals surface area (Å²) >= 11 is 0. The molecule has 1 aliphatic heterocycles. The van der Waals surface area contributed by atoms with Crippen LogP contribution >= 0.6 is 0 Å². The second-order valence-electron chi connectivity index (χ2n) is 8.82. The van der Waals surface area contributed by atoms with E-state index in [1.54, 1.807) is 30.7 Å². The molecule has 2 amide bonds. The summed E-state index contributed by atoms with van der Waals surface area (Å²) in [7, 11) is 0. The van der Waals surface area contributed by atoms with Crippen LogP contribution in [0.3, 0.4) is 0 Å². The molecule has 3 N–H and O–H groups in total. The lowest BCUT2D eigenvalue weighted by molar-refractivity contribution is -0.112. The molecule has 0 unspecified atom stereocenters. The van der Waals surface area contributed by atoms with Crippen molar-refractivity contribution in [3.05, 3.63) is 89.9 Å². The molecule has 1 aromatic carbocycles. The van der Waals surface area contributed by atoms with Gasteiger partial charge in [0.05, 0.1) is 5.69 Å². The second-order valence-corrected chi connectivity index (χ2v) is 8.82. The number of piperidine rings is 1. The van der Waals surface area contributed by atoms with E-state index >= 15 is 0 Å². The number of hydrogen-bond acceptors (Lipinski definition) is 6. The number of fused-ring (bicyclic) bond motifs is 1. The van der Waals surface area contributed by atoms with Crippen molar-refractivity contribution >= 4 is 34.2 Å². The quantitative estimate of drug-likeness (QED) is 0.421. The zero-order valence-electron chi connectivity index (χ0n) is 19.9. The molecule has 0 radical (unpaired) electrons. The molecule has 1 saturated heterocycles. The Morgan fingerprint density at radius 1 is 1.06 bits per heavy atom. The number of nitrogens with one attached hydrogen (secondary N) is 1. The number of anilines is 2. The monoisotopic (exact) mass is 478 g/mol. The molecule has 0 spiro atoms. The van der Waals surface area contributed by atoms with Crippen LogP contribution in [-0.4, -0.2) is 44.8 Å². The number of likely N-dealkylation sites (tertiary alicyclic amines) is 1. The van der Waals surface area contributed by atoms with Gasteiger partial charge in [-0.25, -0.2) is 9.97 Å². The van der Waals surface area contributed by atoms with Gasteiger partial charge in [0, 0.05) is 54.3 Å². The first-order chi connectivity index (χ1) is 17.5. The Balaban J connectivity index is 1.28. The molecule has 36 heavy (non-hydrogen) atoms. The maximum absolute atomic E-state index is 12.7. The Hall–Kier alpha value is -4.59. The van der Waals surface area contributed by atoms with Crippen molar-refractivity contribution in [2.45, 2.75) is 19.8 Å². The summed E-state index contributed by atoms with van der Waals surface area (Å²) in [5, 5.41) is 4.39. The van der Waals surface area contributed by atoms with Gasteiger partial charge in [-0.05, 0) is 61.0 Å². The summed E-state index contributed by atoms with van der Waals surface area (Å²) in [6, 6.07) is 14.9. The van der Waals surface area contributed by atoms with Gasteiger partial charge in [-0.1, -0.05) is 23.8 Å². The smallest absolute Gasteiger partial charge is 0.253 e. The zero-order valence-corrected chi connectivity index (χ0v) is 19.9. The van der Waals surface area contributed by atoms with Gasteiger partial charge in [-0.2, -0.15) is 0 Å². The van der Waals surface area contributed by atoms with E-state index in [1.807, 2.05) is 54.3 Å². The summed E-state index contributed by atoms with van der Waals surface area (Å²) in [5.74, 6) is 0.578. The van der Waals surface area contributed by atoms with Gasteiger partial charge in [-0.3, -0.25) is 14.6 Å². The molecule has 0 atom stereocenters. The van der Waals surface area contributed by atoms with Gasteiger partial charge >= 0.3 is 0 Å². The molecule has 8 nitrogen and oxygen atoms in total. The molecular weight excluding hydrogens is 452 g/mol. The van der Waals surface area contributed by atoms with Crippen LogP contribution in [-0.2, 0) is 4.79 Å². The fourth-order valence-electron chi connectivity index (χ4n) is 4.36. The van der Waals surface area contributed by atoms with Crippen LogP contribution in [0.25, 0.3) is 22.0 Å². The van der Waals surface area contributed by atoms with Crippen LogP contribution in [0.15, 0.2) is 78.8 Å². The largest absolute Gasteiger partial charge is 0.383 e. The number of carbonyl (C=O) groups is 2. The SMILES string of the molecule is Cc1ccncc1-c1cc2cc(NC(=O)C=C3CCN(C(=O)c4ccccc4)CC3)ncc2c(N)n1. The molecule has 1 fully saturated rings. The lowest BCUT2D eigenvalue weighted by Gasteiger charge is -2.28. The molecule has 1 aliphatic rings. The predicted molar refractivity (Wildman–Crippen MR) is 140 cm³/mol. The second kappa shape index (κ2) is 9.95. The highest BCUT2D eigenvalue weighted by molar-refractivity contribution is 6.01. The van der Waals surface area contributed by atoms with E-state index in [2.05, 4.69) is 20.3 Å². The minimum Gasteiger partial charge on any atom is -0.383 e. The van der Waals surface area contributed by atoms with Crippen LogP contribution in [0.5, 0.6) is 0 Å². The molecule has 4 aromatic rings. The van der Waals surface area contributed by atoms with Gasteiger partial charge in [0.2, 0.25) is 5.91 Å². The molecule has 5 rings (SSSR count). The number of aryl methyl sites for hydroxylation is 1. The number of nitrogens with two attached hydrogens (primary N) is 1. The number of carbonyl (C=O) groups excluding carboxylic acids is 2. The minimum atomic E-state index is -0.245. The first-order valence-electron chi connectivity index (χ1n) is 11.8. The van der Waals surface area contributed by atoms with E-state index < -0.39 is 0 Å². The van der Waals surface area contributed by atoms with Gasteiger partial charge in [0.15, 0.2) is 0 Å². The highest BCUT2D eigenvalue weighted by Crippen LogP contribution is 2.28. The molecule has 180 valence electrons. The number of nitrogens with zero attached hydrogens (tertiary/aromatic N) is 4. The van der Waals surface area contributed by atoms with Crippen molar-refractivity contribution in [2.75, 3.05) is 24.1 Å². The van der Waals surface area contributed by atoms with E-state index in [9.17, 15) is 9.59 Å². The van der Waals surface area contributed by atoms with Gasteiger partial charge in [-0.15, -0.1) is 0 Å². The topological polar surface area (TPSA) is 114 Å². The summed E-state index contributed by atoms with van der Waals surface area (Å²) in [6.07, 6.45) is 8.05. The highest BCUT2D eigenvalue weighted by Gasteiger charge is 2.20. The van der Waals surface area contributed by atoms with Crippen molar-refractivity contribution in [2.24, 2.45) is 0 Å². The van der Waals surface area contributed by atoms with E-state index in [-0.39, 0.29) is 11.8 Å². The van der Waals surface area contributed by atoms with Gasteiger partial charge in [0.25, 0.3) is 5.91 Å². The highest BCUT2D eigenvalue weighted by atomic mass is 16.2. The number of hydrogen-bond donors (Lipinski definition) is 2. The fourth-order valence-corrected chi connectivity index (χ4v) is 4.36. The van der Waals surface area contributed by atoms with Crippen LogP contribution in [0, 0.1) is 6.92 Å². The van der Waals surface area contributed by atoms with E-state index in [0.29, 0.717) is 54.2 Å². The average molecular weight is 479 g/mol. The maximum atomic E-state index is 12.7. The third-order valence-electron chi connectivity index (χ3n) is 6.36. The Labute approximate surface area is 208 Å². The lowest BCUT2D eigenvalue weighted by Crippen LogP contribution is -2.36. The molecule has 3 aromatic heterocycles. The van der Waals surface area contributed by atoms with Crippen LogP contribution < -0.4 is 11.1 Å². The summed E-state index contributed by atoms with van der Waals surface area (Å²) < 4.78 is 0. The van der Waals surface area contributed by atoms with Crippen molar-refractivity contribution in [3.8, 4) is 11.3 Å². The number of rotatable bonds is 4. The van der Waals surface area contributed by atoms with Crippen LogP contribution in [0.1, 0.15) is 28.8 Å². The molecule has 4 heterocycles. The van der Waals surface area contributed by atoms with E-state index in [1.165, 1.54) is 0 Å². The number of amides is 2. The average Bonchev–Trinajstić information content (AvgIpc) is 2.89. The number of benzene rings is 1. The third kappa shape index (κ3) is 4.93. The molecule has 0 saturated carbocycles. The first kappa shape index (κ1) is 23.2. The molecule has 0 aliphatic carbocycles. The summed E-state index contributed by atoms with van der Waals surface area (Å²) in [5.41, 5.74) is 10.5. The number of nitrogen functional groups attached to an aromatic ring is 1. The lowest BCUT2D eigenvalue weighted by atomic mass is 10.0. The van der Waals surface area contributed by atoms with Crippen molar-refractivity contribution in [1.29, 1.82) is 0 Å². The third-order valence-corrected chi connectivity index (χ3v) is 6.36. The first-order valence-corrected chi connectivity index (χ1v) is 11.8. The van der Waals surface area contributed by atoms with Gasteiger partial charge in [0.1, 0.15) is 11.6 Å². The standard InChI is InChI=1S/C28H26N6O2/c1-18-7-10-30-16-22(18)24-14-21-15-25(31-17-23(21)27(29)32-24)33-26(35)13-19-8-11-34(12-9-19)28(36)20-5-3-2-4-6-20/h2-7,10,13-17H,8-9,11-12H2,1H3,(H2,29,32)(H,31,33,35). The zero-order chi connectivity index (χ0) is 25.1. The Bertz CT molecular complexity index is 1470. The fraction of sp³-hybridized carbons (Fsp3) is 0.179. The Kier molecular flexibility index (Phi) is 6.40.